The molecule has 0 spiro atoms. The highest BCUT2D eigenvalue weighted by Crippen LogP contribution is 2.43. The van der Waals surface area contributed by atoms with Crippen LogP contribution in [0.3, 0.4) is 0 Å². The van der Waals surface area contributed by atoms with E-state index in [0.29, 0.717) is 16.5 Å². The van der Waals surface area contributed by atoms with Crippen LogP contribution in [0.15, 0.2) is 66.7 Å². The van der Waals surface area contributed by atoms with E-state index < -0.39 is 48.6 Å². The molecule has 3 rings (SSSR count). The van der Waals surface area contributed by atoms with Crippen LogP contribution in [0.25, 0.3) is 0 Å². The molecule has 0 saturated heterocycles. The lowest BCUT2D eigenvalue weighted by atomic mass is 9.91. The van der Waals surface area contributed by atoms with Crippen molar-refractivity contribution in [2.45, 2.75) is 168 Å². The number of hydrogen-bond acceptors (Lipinski definition) is 3. The van der Waals surface area contributed by atoms with Crippen LogP contribution >= 0.6 is 0 Å². The van der Waals surface area contributed by atoms with Crippen molar-refractivity contribution in [3.63, 3.8) is 0 Å². The number of alkyl halides is 9. The minimum Gasteiger partial charge on any atom is -0.490 e. The molecule has 0 fully saturated rings. The first-order chi connectivity index (χ1) is 29.0. The number of benzene rings is 3. The molecule has 14 heteroatoms. The van der Waals surface area contributed by atoms with E-state index in [1.54, 1.807) is 0 Å². The third kappa shape index (κ3) is 17.6. The van der Waals surface area contributed by atoms with E-state index >= 15 is 0 Å². The number of nitrogens with zero attached hydrogens (tertiary/aromatic N) is 1. The summed E-state index contributed by atoms with van der Waals surface area (Å²) in [5.74, 6) is -0.235. The van der Waals surface area contributed by atoms with Gasteiger partial charge in [0.2, 0.25) is 0 Å². The largest absolute Gasteiger partial charge is 0.864 e. The van der Waals surface area contributed by atoms with Crippen molar-refractivity contribution < 1.29 is 58.0 Å². The predicted octanol–water partition coefficient (Wildman–Crippen LogP) is 16.2. The molecule has 61 heavy (non-hydrogen) atoms. The van der Waals surface area contributed by atoms with Gasteiger partial charge >= 0.3 is 25.9 Å². The van der Waals surface area contributed by atoms with Crippen molar-refractivity contribution in [3.8, 4) is 17.2 Å². The molecule has 1 unspecified atom stereocenters. The Morgan fingerprint density at radius 2 is 0.803 bits per heavy atom. The molecule has 0 radical (unpaired) electrons. The average molecular weight is 875 g/mol. The summed E-state index contributed by atoms with van der Waals surface area (Å²) in [6.45, 7) is 10.7. The number of hydrogen-bond donors (Lipinski definition) is 0. The Hall–Kier alpha value is -3.55. The SMILES string of the molecule is CCCCCCCCCCCCCC(c1cc(C(F)(F)F)ccc1OB(Oc1ccc(C(F)(F)F)cc1)Oc1ccc(C(F)(F)F)cc1)[N+](CCCC)(CCCC)CCCC. The minimum atomic E-state index is -4.69. The van der Waals surface area contributed by atoms with Crippen LogP contribution < -0.4 is 14.0 Å². The van der Waals surface area contributed by atoms with Gasteiger partial charge in [0.05, 0.1) is 41.9 Å². The van der Waals surface area contributed by atoms with Crippen molar-refractivity contribution in [2.24, 2.45) is 0 Å². The lowest BCUT2D eigenvalue weighted by Gasteiger charge is -2.46. The van der Waals surface area contributed by atoms with E-state index in [1.807, 2.05) is 0 Å². The average Bonchev–Trinajstić information content (AvgIpc) is 3.21. The smallest absolute Gasteiger partial charge is 0.490 e. The first kappa shape index (κ1) is 51.8. The van der Waals surface area contributed by atoms with Crippen LogP contribution in [0, 0.1) is 0 Å². The Kier molecular flexibility index (Phi) is 21.7. The molecule has 0 bridgehead atoms. The summed E-state index contributed by atoms with van der Waals surface area (Å²) in [5.41, 5.74) is -2.45. The Bertz CT molecular complexity index is 1570. The van der Waals surface area contributed by atoms with Gasteiger partial charge in [-0.2, -0.15) is 39.5 Å². The molecule has 4 nitrogen and oxygen atoms in total. The highest BCUT2D eigenvalue weighted by Gasteiger charge is 2.42. The maximum atomic E-state index is 14.6. The van der Waals surface area contributed by atoms with Gasteiger partial charge in [0.25, 0.3) is 0 Å². The van der Waals surface area contributed by atoms with Crippen molar-refractivity contribution >= 4 is 7.32 Å². The normalized spacial score (nSPS) is 13.0. The van der Waals surface area contributed by atoms with E-state index in [-0.39, 0.29) is 17.2 Å². The van der Waals surface area contributed by atoms with E-state index in [9.17, 15) is 39.5 Å². The van der Waals surface area contributed by atoms with Gasteiger partial charge < -0.3 is 18.4 Å². The highest BCUT2D eigenvalue weighted by molar-refractivity contribution is 6.39. The second kappa shape index (κ2) is 25.5. The van der Waals surface area contributed by atoms with E-state index in [1.165, 1.54) is 44.6 Å². The van der Waals surface area contributed by atoms with E-state index in [4.69, 9.17) is 14.0 Å². The number of halogens is 9. The second-order valence-electron chi connectivity index (χ2n) is 16.2. The molecule has 0 heterocycles. The summed E-state index contributed by atoms with van der Waals surface area (Å²) in [7, 11) is -1.82. The monoisotopic (exact) mass is 874 g/mol. The molecule has 0 saturated carbocycles. The molecule has 0 amide bonds. The number of unbranched alkanes of at least 4 members (excludes halogenated alkanes) is 13. The zero-order valence-electron chi connectivity index (χ0n) is 36.4. The quantitative estimate of drug-likeness (QED) is 0.0301. The Morgan fingerprint density at radius 3 is 1.18 bits per heavy atom. The maximum absolute atomic E-state index is 14.6. The first-order valence-electron chi connectivity index (χ1n) is 22.4. The fourth-order valence-electron chi connectivity index (χ4n) is 7.88. The fourth-order valence-corrected chi connectivity index (χ4v) is 7.88. The molecule has 0 N–H and O–H groups in total. The Balaban J connectivity index is 2.11. The summed E-state index contributed by atoms with van der Waals surface area (Å²) in [4.78, 5) is 0. The molecule has 0 aliphatic carbocycles. The van der Waals surface area contributed by atoms with Gasteiger partial charge in [-0.05, 0) is 92.4 Å². The zero-order valence-corrected chi connectivity index (χ0v) is 36.4. The summed E-state index contributed by atoms with van der Waals surface area (Å²) in [6.07, 6.45) is 4.15. The van der Waals surface area contributed by atoms with Gasteiger partial charge in [-0.15, -0.1) is 0 Å². The topological polar surface area (TPSA) is 27.7 Å². The molecule has 0 aromatic heterocycles. The lowest BCUT2D eigenvalue weighted by Crippen LogP contribution is -2.53. The molecule has 0 aliphatic heterocycles. The predicted molar refractivity (Wildman–Crippen MR) is 225 cm³/mol. The minimum absolute atomic E-state index is 0.0249. The highest BCUT2D eigenvalue weighted by atomic mass is 19.4. The number of rotatable bonds is 29. The summed E-state index contributed by atoms with van der Waals surface area (Å²) in [6, 6.07) is 10.2. The standard InChI is InChI=1S/C47H66BF9NO3/c1-5-9-13-14-15-16-17-18-19-20-21-22-43(58(33-10-6-2,34-11-7-3)35-12-8-4)42-36-39(47(55,56)57)27-32-44(42)61-48(59-40-28-23-37(24-29-40)45(49,50)51)60-41-30-25-38(26-31-41)46(52,53)54/h23-32,36,43H,5-22,33-35H2,1-4H3/q+1. The molecular weight excluding hydrogens is 808 g/mol. The molecular formula is C47H66BF9NO3+. The van der Waals surface area contributed by atoms with Gasteiger partial charge in [-0.3, -0.25) is 0 Å². The second-order valence-corrected chi connectivity index (χ2v) is 16.2. The molecule has 1 atom stereocenters. The molecule has 0 aliphatic rings. The van der Waals surface area contributed by atoms with Gasteiger partial charge in [0.1, 0.15) is 23.3 Å². The van der Waals surface area contributed by atoms with Crippen LogP contribution in [0.2, 0.25) is 0 Å². The van der Waals surface area contributed by atoms with Crippen molar-refractivity contribution in [3.05, 3.63) is 89.0 Å². The van der Waals surface area contributed by atoms with E-state index in [2.05, 4.69) is 27.7 Å². The van der Waals surface area contributed by atoms with Gasteiger partial charge in [0.15, 0.2) is 0 Å². The van der Waals surface area contributed by atoms with Gasteiger partial charge in [-0.25, -0.2) is 0 Å². The van der Waals surface area contributed by atoms with Crippen molar-refractivity contribution in [1.29, 1.82) is 0 Å². The summed E-state index contributed by atoms with van der Waals surface area (Å²) in [5, 5.41) is 0. The zero-order chi connectivity index (χ0) is 44.9. The molecule has 342 valence electrons. The van der Waals surface area contributed by atoms with Crippen LogP contribution in [0.1, 0.15) is 172 Å². The summed E-state index contributed by atoms with van der Waals surface area (Å²) >= 11 is 0. The van der Waals surface area contributed by atoms with E-state index in [0.717, 1.165) is 151 Å². The molecule has 3 aromatic carbocycles. The van der Waals surface area contributed by atoms with Crippen LogP contribution in [0.4, 0.5) is 39.5 Å². The van der Waals surface area contributed by atoms with Gasteiger partial charge in [-0.1, -0.05) is 111 Å². The molecule has 3 aromatic rings. The fraction of sp³-hybridized carbons (Fsp3) is 0.617. The Labute approximate surface area is 358 Å². The van der Waals surface area contributed by atoms with Crippen LogP contribution in [-0.4, -0.2) is 31.4 Å². The van der Waals surface area contributed by atoms with Crippen LogP contribution in [-0.2, 0) is 18.5 Å². The summed E-state index contributed by atoms with van der Waals surface area (Å²) < 4.78 is 143. The van der Waals surface area contributed by atoms with Crippen LogP contribution in [0.5, 0.6) is 17.2 Å². The first-order valence-corrected chi connectivity index (χ1v) is 22.4. The lowest BCUT2D eigenvalue weighted by molar-refractivity contribution is -0.958. The van der Waals surface area contributed by atoms with Gasteiger partial charge in [0, 0.05) is 6.42 Å². The number of quaternary nitrogens is 1. The van der Waals surface area contributed by atoms with Crippen molar-refractivity contribution in [2.75, 3.05) is 19.6 Å². The third-order valence-corrected chi connectivity index (χ3v) is 11.4. The third-order valence-electron chi connectivity index (χ3n) is 11.4. The van der Waals surface area contributed by atoms with Crippen molar-refractivity contribution in [1.82, 2.24) is 0 Å². The maximum Gasteiger partial charge on any atom is 0.864 e. The Morgan fingerprint density at radius 1 is 0.443 bits per heavy atom.